The van der Waals surface area contributed by atoms with E-state index in [2.05, 4.69) is 16.5 Å². The second-order valence-electron chi connectivity index (χ2n) is 4.84. The molecule has 0 aliphatic carbocycles. The van der Waals surface area contributed by atoms with Gasteiger partial charge in [0.15, 0.2) is 0 Å². The molecule has 1 aromatic carbocycles. The topological polar surface area (TPSA) is 28.7 Å². The average Bonchev–Trinajstić information content (AvgIpc) is 2.86. The summed E-state index contributed by atoms with van der Waals surface area (Å²) < 4.78 is 13.8. The molecule has 0 saturated heterocycles. The fourth-order valence-corrected chi connectivity index (χ4v) is 2.38. The van der Waals surface area contributed by atoms with E-state index in [4.69, 9.17) is 0 Å². The zero-order valence-electron chi connectivity index (χ0n) is 11.3. The summed E-state index contributed by atoms with van der Waals surface area (Å²) in [4.78, 5) is 7.83. The Morgan fingerprint density at radius 1 is 1.30 bits per heavy atom. The minimum Gasteiger partial charge on any atom is -0.353 e. The molecule has 0 amide bonds. The third-order valence-corrected chi connectivity index (χ3v) is 3.35. The minimum atomic E-state index is -0.220. The standard InChI is InChI=1S/C17H15FN2/c1-3-5-12-9-8-11(2)19-17(12)16-10-13-14(18)6-4-7-15(13)20-16/h3-4,6-10,20H,1,5H2,2H3. The smallest absolute Gasteiger partial charge is 0.132 e. The third-order valence-electron chi connectivity index (χ3n) is 3.35. The van der Waals surface area contributed by atoms with Gasteiger partial charge in [-0.3, -0.25) is 4.98 Å². The molecule has 20 heavy (non-hydrogen) atoms. The molecular weight excluding hydrogens is 251 g/mol. The number of nitrogens with one attached hydrogen (secondary N) is 1. The maximum absolute atomic E-state index is 13.8. The molecular formula is C17H15FN2. The van der Waals surface area contributed by atoms with E-state index in [1.807, 2.05) is 37.3 Å². The van der Waals surface area contributed by atoms with Crippen LogP contribution in [-0.2, 0) is 6.42 Å². The van der Waals surface area contributed by atoms with Gasteiger partial charge in [-0.2, -0.15) is 0 Å². The van der Waals surface area contributed by atoms with Crippen molar-refractivity contribution in [3.8, 4) is 11.4 Å². The monoisotopic (exact) mass is 266 g/mol. The summed E-state index contributed by atoms with van der Waals surface area (Å²) in [5.41, 5.74) is 4.50. The minimum absolute atomic E-state index is 0.220. The van der Waals surface area contributed by atoms with Gasteiger partial charge in [0.1, 0.15) is 5.82 Å². The number of nitrogens with zero attached hydrogens (tertiary/aromatic N) is 1. The van der Waals surface area contributed by atoms with Crippen molar-refractivity contribution in [1.29, 1.82) is 0 Å². The van der Waals surface area contributed by atoms with Crippen LogP contribution in [-0.4, -0.2) is 9.97 Å². The Balaban J connectivity index is 2.22. The van der Waals surface area contributed by atoms with Crippen molar-refractivity contribution < 1.29 is 4.39 Å². The maximum atomic E-state index is 13.8. The maximum Gasteiger partial charge on any atom is 0.132 e. The fraction of sp³-hybridized carbons (Fsp3) is 0.118. The van der Waals surface area contributed by atoms with E-state index >= 15 is 0 Å². The molecule has 0 spiro atoms. The van der Waals surface area contributed by atoms with Gasteiger partial charge in [-0.1, -0.05) is 18.2 Å². The molecule has 0 aliphatic rings. The van der Waals surface area contributed by atoms with Crippen molar-refractivity contribution in [2.24, 2.45) is 0 Å². The Labute approximate surface area is 117 Å². The SMILES string of the molecule is C=CCc1ccc(C)nc1-c1cc2c(F)cccc2[nH]1. The van der Waals surface area contributed by atoms with Crippen LogP contribution >= 0.6 is 0 Å². The largest absolute Gasteiger partial charge is 0.353 e. The Hall–Kier alpha value is -2.42. The summed E-state index contributed by atoms with van der Waals surface area (Å²) in [6.07, 6.45) is 2.58. The molecule has 0 saturated carbocycles. The number of allylic oxidation sites excluding steroid dienone is 1. The van der Waals surface area contributed by atoms with E-state index in [0.29, 0.717) is 5.39 Å². The van der Waals surface area contributed by atoms with Gasteiger partial charge >= 0.3 is 0 Å². The molecule has 2 heterocycles. The van der Waals surface area contributed by atoms with Crippen molar-refractivity contribution in [2.75, 3.05) is 0 Å². The molecule has 0 bridgehead atoms. The summed E-state index contributed by atoms with van der Waals surface area (Å²) in [5.74, 6) is -0.220. The molecule has 0 unspecified atom stereocenters. The number of H-pyrrole nitrogens is 1. The summed E-state index contributed by atoms with van der Waals surface area (Å²) in [7, 11) is 0. The number of rotatable bonds is 3. The predicted octanol–water partition coefficient (Wildman–Crippen LogP) is 4.41. The number of halogens is 1. The second-order valence-corrected chi connectivity index (χ2v) is 4.84. The van der Waals surface area contributed by atoms with Crippen LogP contribution in [0.3, 0.4) is 0 Å². The molecule has 0 fully saturated rings. The Morgan fingerprint density at radius 3 is 2.90 bits per heavy atom. The zero-order chi connectivity index (χ0) is 14.1. The molecule has 100 valence electrons. The quantitative estimate of drug-likeness (QED) is 0.699. The number of aromatic amines is 1. The van der Waals surface area contributed by atoms with E-state index in [0.717, 1.165) is 34.6 Å². The molecule has 2 aromatic heterocycles. The molecule has 0 aliphatic heterocycles. The first kappa shape index (κ1) is 12.6. The molecule has 3 heteroatoms. The van der Waals surface area contributed by atoms with Gasteiger partial charge in [0, 0.05) is 16.6 Å². The van der Waals surface area contributed by atoms with Crippen LogP contribution in [0.2, 0.25) is 0 Å². The summed E-state index contributed by atoms with van der Waals surface area (Å²) in [5, 5.41) is 0.593. The number of hydrogen-bond acceptors (Lipinski definition) is 1. The lowest BCUT2D eigenvalue weighted by molar-refractivity contribution is 0.640. The van der Waals surface area contributed by atoms with Crippen LogP contribution in [0.25, 0.3) is 22.3 Å². The van der Waals surface area contributed by atoms with E-state index < -0.39 is 0 Å². The Kier molecular flexibility index (Phi) is 3.11. The van der Waals surface area contributed by atoms with E-state index in [-0.39, 0.29) is 5.82 Å². The first-order valence-electron chi connectivity index (χ1n) is 6.54. The number of aromatic nitrogens is 2. The van der Waals surface area contributed by atoms with Gasteiger partial charge in [-0.05, 0) is 43.2 Å². The third kappa shape index (κ3) is 2.11. The Morgan fingerprint density at radius 2 is 2.15 bits per heavy atom. The van der Waals surface area contributed by atoms with Crippen LogP contribution in [0, 0.1) is 12.7 Å². The van der Waals surface area contributed by atoms with Crippen molar-refractivity contribution in [2.45, 2.75) is 13.3 Å². The van der Waals surface area contributed by atoms with Gasteiger partial charge in [-0.15, -0.1) is 6.58 Å². The highest BCUT2D eigenvalue weighted by Gasteiger charge is 2.11. The predicted molar refractivity (Wildman–Crippen MR) is 80.1 cm³/mol. The summed E-state index contributed by atoms with van der Waals surface area (Å²) in [6.45, 7) is 5.72. The Bertz CT molecular complexity index is 787. The average molecular weight is 266 g/mol. The molecule has 3 rings (SSSR count). The number of pyridine rings is 1. The van der Waals surface area contributed by atoms with Crippen LogP contribution in [0.5, 0.6) is 0 Å². The molecule has 2 nitrogen and oxygen atoms in total. The molecule has 0 radical (unpaired) electrons. The highest BCUT2D eigenvalue weighted by Crippen LogP contribution is 2.27. The van der Waals surface area contributed by atoms with Gasteiger partial charge < -0.3 is 4.98 Å². The number of hydrogen-bond donors (Lipinski definition) is 1. The normalized spacial score (nSPS) is 10.9. The summed E-state index contributed by atoms with van der Waals surface area (Å²) >= 11 is 0. The highest BCUT2D eigenvalue weighted by atomic mass is 19.1. The lowest BCUT2D eigenvalue weighted by atomic mass is 10.1. The van der Waals surface area contributed by atoms with Crippen LogP contribution in [0.15, 0.2) is 49.1 Å². The van der Waals surface area contributed by atoms with Gasteiger partial charge in [-0.25, -0.2) is 4.39 Å². The second kappa shape index (κ2) is 4.93. The van der Waals surface area contributed by atoms with Crippen molar-refractivity contribution in [3.05, 3.63) is 66.1 Å². The zero-order valence-corrected chi connectivity index (χ0v) is 11.3. The number of benzene rings is 1. The number of fused-ring (bicyclic) bond motifs is 1. The first-order valence-corrected chi connectivity index (χ1v) is 6.54. The highest BCUT2D eigenvalue weighted by molar-refractivity contribution is 5.86. The first-order chi connectivity index (χ1) is 9.69. The number of aryl methyl sites for hydroxylation is 1. The molecule has 3 aromatic rings. The lowest BCUT2D eigenvalue weighted by Crippen LogP contribution is -1.94. The van der Waals surface area contributed by atoms with Crippen molar-refractivity contribution in [1.82, 2.24) is 9.97 Å². The summed E-state index contributed by atoms with van der Waals surface area (Å²) in [6, 6.07) is 10.9. The van der Waals surface area contributed by atoms with Crippen molar-refractivity contribution >= 4 is 10.9 Å². The van der Waals surface area contributed by atoms with E-state index in [9.17, 15) is 4.39 Å². The van der Waals surface area contributed by atoms with Gasteiger partial charge in [0.05, 0.1) is 11.4 Å². The van der Waals surface area contributed by atoms with Crippen LogP contribution in [0.4, 0.5) is 4.39 Å². The van der Waals surface area contributed by atoms with Crippen LogP contribution in [0.1, 0.15) is 11.3 Å². The van der Waals surface area contributed by atoms with E-state index in [1.54, 1.807) is 6.07 Å². The fourth-order valence-electron chi connectivity index (χ4n) is 2.38. The van der Waals surface area contributed by atoms with Gasteiger partial charge in [0.2, 0.25) is 0 Å². The molecule has 0 atom stereocenters. The van der Waals surface area contributed by atoms with Crippen molar-refractivity contribution in [3.63, 3.8) is 0 Å². The van der Waals surface area contributed by atoms with Gasteiger partial charge in [0.25, 0.3) is 0 Å². The van der Waals surface area contributed by atoms with E-state index in [1.165, 1.54) is 6.07 Å². The molecule has 1 N–H and O–H groups in total. The lowest BCUT2D eigenvalue weighted by Gasteiger charge is -2.06. The van der Waals surface area contributed by atoms with Crippen LogP contribution < -0.4 is 0 Å².